The van der Waals surface area contributed by atoms with E-state index in [0.717, 1.165) is 22.9 Å². The lowest BCUT2D eigenvalue weighted by Gasteiger charge is -2.54. The number of hydrogen-bond donors (Lipinski definition) is 1. The summed E-state index contributed by atoms with van der Waals surface area (Å²) in [4.78, 5) is 0. The zero-order chi connectivity index (χ0) is 8.84. The van der Waals surface area contributed by atoms with Crippen LogP contribution in [0.4, 0.5) is 0 Å². The van der Waals surface area contributed by atoms with E-state index in [9.17, 15) is 0 Å². The molecule has 1 saturated carbocycles. The third-order valence-corrected chi connectivity index (χ3v) is 3.81. The first kappa shape index (κ1) is 7.84. The Labute approximate surface area is 83.1 Å². The fraction of sp³-hybridized carbons (Fsp3) is 0.455. The topological polar surface area (TPSA) is 12.0 Å². The van der Waals surface area contributed by atoms with E-state index in [1.807, 2.05) is 12.1 Å². The second-order valence-corrected chi connectivity index (χ2v) is 4.45. The average Bonchev–Trinajstić information content (AvgIpc) is 2.11. The molecule has 1 aromatic rings. The Morgan fingerprint density at radius 1 is 1.31 bits per heavy atom. The average molecular weight is 194 g/mol. The van der Waals surface area contributed by atoms with Gasteiger partial charge in [0.1, 0.15) is 0 Å². The molecule has 1 aliphatic carbocycles. The maximum Gasteiger partial charge on any atom is 0.0440 e. The number of benzene rings is 1. The zero-order valence-electron chi connectivity index (χ0n) is 7.33. The first-order chi connectivity index (χ1) is 6.36. The molecule has 1 aromatic carbocycles. The first-order valence-electron chi connectivity index (χ1n) is 4.84. The molecule has 1 nitrogen and oxygen atoms in total. The summed E-state index contributed by atoms with van der Waals surface area (Å²) >= 11 is 6.15. The van der Waals surface area contributed by atoms with Crippen LogP contribution in [-0.4, -0.2) is 12.6 Å². The standard InChI is InChI=1S/C11H12ClN/c12-10-4-2-1-3-7(10)8-5-11-9(8)6-13-11/h1-4,8-9,11,13H,5-6H2. The van der Waals surface area contributed by atoms with E-state index < -0.39 is 0 Å². The molecule has 1 heterocycles. The summed E-state index contributed by atoms with van der Waals surface area (Å²) in [7, 11) is 0. The lowest BCUT2D eigenvalue weighted by molar-refractivity contribution is 0.0752. The van der Waals surface area contributed by atoms with Gasteiger partial charge in [0.15, 0.2) is 0 Å². The molecule has 0 aromatic heterocycles. The predicted octanol–water partition coefficient (Wildman–Crippen LogP) is 2.42. The third kappa shape index (κ3) is 1.04. The summed E-state index contributed by atoms with van der Waals surface area (Å²) in [6, 6.07) is 9.04. The summed E-state index contributed by atoms with van der Waals surface area (Å²) in [5.41, 5.74) is 1.35. The molecule has 3 unspecified atom stereocenters. The van der Waals surface area contributed by atoms with E-state index in [2.05, 4.69) is 17.4 Å². The lowest BCUT2D eigenvalue weighted by Crippen LogP contribution is -2.63. The van der Waals surface area contributed by atoms with Gasteiger partial charge in [0.2, 0.25) is 0 Å². The van der Waals surface area contributed by atoms with Gasteiger partial charge in [-0.1, -0.05) is 29.8 Å². The number of halogens is 1. The van der Waals surface area contributed by atoms with Crippen LogP contribution in [0.2, 0.25) is 5.02 Å². The SMILES string of the molecule is Clc1ccccc1C1CC2NCC21. The van der Waals surface area contributed by atoms with Gasteiger partial charge in [0.25, 0.3) is 0 Å². The van der Waals surface area contributed by atoms with Crippen molar-refractivity contribution in [1.82, 2.24) is 5.32 Å². The molecule has 0 radical (unpaired) electrons. The summed E-state index contributed by atoms with van der Waals surface area (Å²) in [5.74, 6) is 1.58. The predicted molar refractivity (Wildman–Crippen MR) is 54.1 cm³/mol. The van der Waals surface area contributed by atoms with Crippen LogP contribution in [0, 0.1) is 5.92 Å². The molecular formula is C11H12ClN. The molecular weight excluding hydrogens is 182 g/mol. The fourth-order valence-electron chi connectivity index (χ4n) is 2.49. The van der Waals surface area contributed by atoms with Crippen LogP contribution in [-0.2, 0) is 0 Å². The second kappa shape index (κ2) is 2.73. The number of fused-ring (bicyclic) bond motifs is 1. The zero-order valence-corrected chi connectivity index (χ0v) is 8.09. The van der Waals surface area contributed by atoms with Gasteiger partial charge in [0.05, 0.1) is 0 Å². The minimum Gasteiger partial charge on any atom is -0.313 e. The molecule has 0 spiro atoms. The molecule has 3 atom stereocenters. The van der Waals surface area contributed by atoms with Gasteiger partial charge in [-0.25, -0.2) is 0 Å². The smallest absolute Gasteiger partial charge is 0.0440 e. The molecule has 0 amide bonds. The highest BCUT2D eigenvalue weighted by Gasteiger charge is 2.47. The highest BCUT2D eigenvalue weighted by Crippen LogP contribution is 2.48. The van der Waals surface area contributed by atoms with E-state index in [1.165, 1.54) is 18.5 Å². The Morgan fingerprint density at radius 3 is 2.69 bits per heavy atom. The monoisotopic (exact) mass is 193 g/mol. The van der Waals surface area contributed by atoms with E-state index >= 15 is 0 Å². The van der Waals surface area contributed by atoms with Crippen LogP contribution in [0.15, 0.2) is 24.3 Å². The van der Waals surface area contributed by atoms with Gasteiger partial charge in [-0.05, 0) is 29.9 Å². The van der Waals surface area contributed by atoms with Gasteiger partial charge in [0, 0.05) is 17.6 Å². The Kier molecular flexibility index (Phi) is 1.64. The Morgan fingerprint density at radius 2 is 2.15 bits per heavy atom. The quantitative estimate of drug-likeness (QED) is 0.723. The molecule has 1 N–H and O–H groups in total. The van der Waals surface area contributed by atoms with E-state index in [4.69, 9.17) is 11.6 Å². The van der Waals surface area contributed by atoms with Crippen molar-refractivity contribution in [2.75, 3.05) is 6.54 Å². The highest BCUT2D eigenvalue weighted by atomic mass is 35.5. The van der Waals surface area contributed by atoms with Gasteiger partial charge in [-0.2, -0.15) is 0 Å². The summed E-state index contributed by atoms with van der Waals surface area (Å²) in [6.45, 7) is 1.18. The van der Waals surface area contributed by atoms with Crippen LogP contribution in [0.1, 0.15) is 17.9 Å². The van der Waals surface area contributed by atoms with E-state index in [0.29, 0.717) is 0 Å². The Bertz CT molecular complexity index is 337. The Balaban J connectivity index is 1.89. The number of piperidine rings is 1. The second-order valence-electron chi connectivity index (χ2n) is 4.04. The van der Waals surface area contributed by atoms with Crippen LogP contribution >= 0.6 is 11.6 Å². The molecule has 2 aliphatic rings. The van der Waals surface area contributed by atoms with Crippen molar-refractivity contribution in [3.05, 3.63) is 34.9 Å². The van der Waals surface area contributed by atoms with Crippen LogP contribution < -0.4 is 5.32 Å². The molecule has 2 heteroatoms. The highest BCUT2D eigenvalue weighted by molar-refractivity contribution is 6.31. The number of nitrogens with one attached hydrogen (secondary N) is 1. The van der Waals surface area contributed by atoms with Gasteiger partial charge >= 0.3 is 0 Å². The molecule has 0 bridgehead atoms. The van der Waals surface area contributed by atoms with Crippen molar-refractivity contribution in [3.8, 4) is 0 Å². The van der Waals surface area contributed by atoms with E-state index in [-0.39, 0.29) is 0 Å². The minimum absolute atomic E-state index is 0.722. The van der Waals surface area contributed by atoms with Crippen LogP contribution in [0.25, 0.3) is 0 Å². The molecule has 3 rings (SSSR count). The fourth-order valence-corrected chi connectivity index (χ4v) is 2.76. The Hall–Kier alpha value is -0.530. The number of rotatable bonds is 1. The third-order valence-electron chi connectivity index (χ3n) is 3.46. The number of hydrogen-bond acceptors (Lipinski definition) is 1. The summed E-state index contributed by atoms with van der Waals surface area (Å²) in [5, 5.41) is 4.36. The molecule has 1 aliphatic heterocycles. The summed E-state index contributed by atoms with van der Waals surface area (Å²) < 4.78 is 0. The van der Waals surface area contributed by atoms with Crippen molar-refractivity contribution in [2.24, 2.45) is 5.92 Å². The normalized spacial score (nSPS) is 35.9. The van der Waals surface area contributed by atoms with Crippen LogP contribution in [0.3, 0.4) is 0 Å². The van der Waals surface area contributed by atoms with Crippen molar-refractivity contribution in [2.45, 2.75) is 18.4 Å². The minimum atomic E-state index is 0.722. The lowest BCUT2D eigenvalue weighted by atomic mass is 9.62. The summed E-state index contributed by atoms with van der Waals surface area (Å²) in [6.07, 6.45) is 1.27. The molecule has 1 saturated heterocycles. The van der Waals surface area contributed by atoms with Crippen molar-refractivity contribution in [3.63, 3.8) is 0 Å². The van der Waals surface area contributed by atoms with Crippen LogP contribution in [0.5, 0.6) is 0 Å². The first-order valence-corrected chi connectivity index (χ1v) is 5.22. The van der Waals surface area contributed by atoms with Crippen molar-refractivity contribution >= 4 is 11.6 Å². The van der Waals surface area contributed by atoms with Gasteiger partial charge in [-0.15, -0.1) is 0 Å². The molecule has 68 valence electrons. The maximum absolute atomic E-state index is 6.15. The van der Waals surface area contributed by atoms with E-state index in [1.54, 1.807) is 0 Å². The van der Waals surface area contributed by atoms with Gasteiger partial charge < -0.3 is 5.32 Å². The van der Waals surface area contributed by atoms with Gasteiger partial charge in [-0.3, -0.25) is 0 Å². The largest absolute Gasteiger partial charge is 0.313 e. The van der Waals surface area contributed by atoms with Crippen molar-refractivity contribution < 1.29 is 0 Å². The molecule has 13 heavy (non-hydrogen) atoms. The molecule has 2 fully saturated rings. The maximum atomic E-state index is 6.15. The van der Waals surface area contributed by atoms with Crippen molar-refractivity contribution in [1.29, 1.82) is 0 Å².